The van der Waals surface area contributed by atoms with Gasteiger partial charge in [0.1, 0.15) is 0 Å². The van der Waals surface area contributed by atoms with E-state index < -0.39 is 0 Å². The minimum absolute atomic E-state index is 0.365. The van der Waals surface area contributed by atoms with Gasteiger partial charge in [0.15, 0.2) is 0 Å². The van der Waals surface area contributed by atoms with E-state index in [1.54, 1.807) is 0 Å². The van der Waals surface area contributed by atoms with Crippen molar-refractivity contribution < 1.29 is 0 Å². The van der Waals surface area contributed by atoms with Gasteiger partial charge in [-0.25, -0.2) is 0 Å². The van der Waals surface area contributed by atoms with Crippen LogP contribution in [0, 0.1) is 0 Å². The molecule has 3 heteroatoms. The number of aromatic nitrogens is 2. The molecule has 0 fully saturated rings. The van der Waals surface area contributed by atoms with Gasteiger partial charge in [-0.15, -0.1) is 0 Å². The van der Waals surface area contributed by atoms with Crippen LogP contribution in [0.4, 0.5) is 0 Å². The second-order valence-corrected chi connectivity index (χ2v) is 4.24. The lowest BCUT2D eigenvalue weighted by molar-refractivity contribution is 0.596. The van der Waals surface area contributed by atoms with Gasteiger partial charge in [-0.2, -0.15) is 5.10 Å². The number of benzene rings is 1. The topological polar surface area (TPSA) is 29.9 Å². The third-order valence-electron chi connectivity index (χ3n) is 2.85. The standard InChI is InChI=1S/C14H19N3/c1-3-15-12(2)14-9-16-17(11-14)10-13-7-5-4-6-8-13/h4-9,11-12,15H,3,10H2,1-2H3. The molecular weight excluding hydrogens is 210 g/mol. The van der Waals surface area contributed by atoms with E-state index in [2.05, 4.69) is 54.7 Å². The molecular formula is C14H19N3. The predicted molar refractivity (Wildman–Crippen MR) is 69.9 cm³/mol. The Kier molecular flexibility index (Phi) is 3.94. The zero-order chi connectivity index (χ0) is 12.1. The van der Waals surface area contributed by atoms with Crippen molar-refractivity contribution in [3.63, 3.8) is 0 Å². The molecule has 17 heavy (non-hydrogen) atoms. The van der Waals surface area contributed by atoms with E-state index >= 15 is 0 Å². The van der Waals surface area contributed by atoms with Crippen LogP contribution in [0.2, 0.25) is 0 Å². The van der Waals surface area contributed by atoms with Crippen LogP contribution in [-0.4, -0.2) is 16.3 Å². The maximum Gasteiger partial charge on any atom is 0.0659 e. The quantitative estimate of drug-likeness (QED) is 0.854. The van der Waals surface area contributed by atoms with E-state index in [-0.39, 0.29) is 0 Å². The lowest BCUT2D eigenvalue weighted by atomic mass is 10.2. The van der Waals surface area contributed by atoms with Crippen molar-refractivity contribution in [2.24, 2.45) is 0 Å². The van der Waals surface area contributed by atoms with Crippen molar-refractivity contribution in [1.82, 2.24) is 15.1 Å². The molecule has 1 aromatic carbocycles. The Labute approximate surface area is 102 Å². The first-order chi connectivity index (χ1) is 8.29. The average Bonchev–Trinajstić information content (AvgIpc) is 2.79. The van der Waals surface area contributed by atoms with Crippen LogP contribution in [0.5, 0.6) is 0 Å². The van der Waals surface area contributed by atoms with Crippen LogP contribution in [0.25, 0.3) is 0 Å². The zero-order valence-corrected chi connectivity index (χ0v) is 10.4. The first kappa shape index (κ1) is 11.9. The summed E-state index contributed by atoms with van der Waals surface area (Å²) in [6.45, 7) is 6.09. The summed E-state index contributed by atoms with van der Waals surface area (Å²) in [7, 11) is 0. The molecule has 1 atom stereocenters. The molecule has 1 unspecified atom stereocenters. The molecule has 1 N–H and O–H groups in total. The van der Waals surface area contributed by atoms with Gasteiger partial charge in [-0.3, -0.25) is 4.68 Å². The van der Waals surface area contributed by atoms with Crippen LogP contribution in [0.3, 0.4) is 0 Å². The third kappa shape index (κ3) is 3.17. The van der Waals surface area contributed by atoms with E-state index in [0.717, 1.165) is 13.1 Å². The molecule has 90 valence electrons. The molecule has 1 aromatic heterocycles. The summed E-state index contributed by atoms with van der Waals surface area (Å²) in [6, 6.07) is 10.8. The van der Waals surface area contributed by atoms with Crippen LogP contribution in [0.1, 0.15) is 31.0 Å². The molecule has 0 spiro atoms. The summed E-state index contributed by atoms with van der Waals surface area (Å²) in [5, 5.41) is 7.78. The van der Waals surface area contributed by atoms with Gasteiger partial charge in [0.25, 0.3) is 0 Å². The Hall–Kier alpha value is -1.61. The van der Waals surface area contributed by atoms with Crippen molar-refractivity contribution in [2.75, 3.05) is 6.54 Å². The minimum Gasteiger partial charge on any atom is -0.310 e. The molecule has 1 heterocycles. The van der Waals surface area contributed by atoms with Gasteiger partial charge >= 0.3 is 0 Å². The van der Waals surface area contributed by atoms with Crippen molar-refractivity contribution in [1.29, 1.82) is 0 Å². The summed E-state index contributed by atoms with van der Waals surface area (Å²) in [4.78, 5) is 0. The highest BCUT2D eigenvalue weighted by atomic mass is 15.3. The van der Waals surface area contributed by atoms with E-state index in [4.69, 9.17) is 0 Å². The lowest BCUT2D eigenvalue weighted by Gasteiger charge is -2.08. The smallest absolute Gasteiger partial charge is 0.0659 e. The maximum absolute atomic E-state index is 4.39. The van der Waals surface area contributed by atoms with Crippen molar-refractivity contribution in [3.8, 4) is 0 Å². The number of nitrogens with one attached hydrogen (secondary N) is 1. The highest BCUT2D eigenvalue weighted by Crippen LogP contribution is 2.11. The van der Waals surface area contributed by atoms with Gasteiger partial charge in [-0.05, 0) is 19.0 Å². The zero-order valence-electron chi connectivity index (χ0n) is 10.4. The van der Waals surface area contributed by atoms with Gasteiger partial charge < -0.3 is 5.32 Å². The molecule has 0 saturated heterocycles. The number of rotatable bonds is 5. The minimum atomic E-state index is 0.365. The Bertz CT molecular complexity index is 448. The monoisotopic (exact) mass is 229 g/mol. The molecule has 0 bridgehead atoms. The van der Waals surface area contributed by atoms with Crippen molar-refractivity contribution >= 4 is 0 Å². The second-order valence-electron chi connectivity index (χ2n) is 4.24. The van der Waals surface area contributed by atoms with E-state index in [1.807, 2.05) is 16.9 Å². The van der Waals surface area contributed by atoms with Crippen molar-refractivity contribution in [2.45, 2.75) is 26.4 Å². The normalized spacial score (nSPS) is 12.6. The van der Waals surface area contributed by atoms with Crippen LogP contribution in [0.15, 0.2) is 42.7 Å². The summed E-state index contributed by atoms with van der Waals surface area (Å²) >= 11 is 0. The molecule has 0 aliphatic rings. The SMILES string of the molecule is CCNC(C)c1cnn(Cc2ccccc2)c1. The molecule has 0 radical (unpaired) electrons. The Morgan fingerprint density at radius 3 is 2.76 bits per heavy atom. The second kappa shape index (κ2) is 5.64. The number of hydrogen-bond acceptors (Lipinski definition) is 2. The fourth-order valence-electron chi connectivity index (χ4n) is 1.88. The van der Waals surface area contributed by atoms with Crippen LogP contribution in [-0.2, 0) is 6.54 Å². The Balaban J connectivity index is 2.04. The summed E-state index contributed by atoms with van der Waals surface area (Å²) in [5.74, 6) is 0. The summed E-state index contributed by atoms with van der Waals surface area (Å²) < 4.78 is 1.98. The van der Waals surface area contributed by atoms with E-state index in [1.165, 1.54) is 11.1 Å². The first-order valence-electron chi connectivity index (χ1n) is 6.09. The molecule has 0 saturated carbocycles. The van der Waals surface area contributed by atoms with Crippen LogP contribution < -0.4 is 5.32 Å². The van der Waals surface area contributed by atoms with Gasteiger partial charge in [0.2, 0.25) is 0 Å². The molecule has 0 amide bonds. The van der Waals surface area contributed by atoms with Crippen molar-refractivity contribution in [3.05, 3.63) is 53.9 Å². The van der Waals surface area contributed by atoms with E-state index in [0.29, 0.717) is 6.04 Å². The third-order valence-corrected chi connectivity index (χ3v) is 2.85. The number of hydrogen-bond donors (Lipinski definition) is 1. The Morgan fingerprint density at radius 1 is 1.29 bits per heavy atom. The largest absolute Gasteiger partial charge is 0.310 e. The fourth-order valence-corrected chi connectivity index (χ4v) is 1.88. The highest BCUT2D eigenvalue weighted by Gasteiger charge is 2.06. The van der Waals surface area contributed by atoms with Gasteiger partial charge in [-0.1, -0.05) is 37.3 Å². The lowest BCUT2D eigenvalue weighted by Crippen LogP contribution is -2.17. The number of nitrogens with zero attached hydrogens (tertiary/aromatic N) is 2. The van der Waals surface area contributed by atoms with Crippen LogP contribution >= 0.6 is 0 Å². The molecule has 2 rings (SSSR count). The molecule has 3 nitrogen and oxygen atoms in total. The predicted octanol–water partition coefficient (Wildman–Crippen LogP) is 2.60. The van der Waals surface area contributed by atoms with E-state index in [9.17, 15) is 0 Å². The summed E-state index contributed by atoms with van der Waals surface area (Å²) in [6.07, 6.45) is 4.05. The molecule has 2 aromatic rings. The highest BCUT2D eigenvalue weighted by molar-refractivity contribution is 5.16. The first-order valence-corrected chi connectivity index (χ1v) is 6.09. The molecule has 0 aliphatic heterocycles. The fraction of sp³-hybridized carbons (Fsp3) is 0.357. The summed E-state index contributed by atoms with van der Waals surface area (Å²) in [5.41, 5.74) is 2.51. The Morgan fingerprint density at radius 2 is 2.06 bits per heavy atom. The van der Waals surface area contributed by atoms with Gasteiger partial charge in [0, 0.05) is 17.8 Å². The maximum atomic E-state index is 4.39. The average molecular weight is 229 g/mol. The molecule has 0 aliphatic carbocycles. The van der Waals surface area contributed by atoms with Gasteiger partial charge in [0.05, 0.1) is 12.7 Å².